The van der Waals surface area contributed by atoms with E-state index in [4.69, 9.17) is 4.74 Å². The number of hydrogen-bond donors (Lipinski definition) is 0. The highest BCUT2D eigenvalue weighted by molar-refractivity contribution is 7.97. The molecule has 0 N–H and O–H groups in total. The maximum atomic E-state index is 11.9. The quantitative estimate of drug-likeness (QED) is 0.437. The molecule has 2 aromatic carbocycles. The molecule has 7 heteroatoms. The summed E-state index contributed by atoms with van der Waals surface area (Å²) < 4.78 is 28.8. The van der Waals surface area contributed by atoms with Crippen molar-refractivity contribution in [3.8, 4) is 5.75 Å². The van der Waals surface area contributed by atoms with Crippen LogP contribution in [0.2, 0.25) is 0 Å². The van der Waals surface area contributed by atoms with Gasteiger partial charge >= 0.3 is 0 Å². The molecule has 0 bridgehead atoms. The number of nitro benzene ring substituents is 1. The molecule has 0 unspecified atom stereocenters. The van der Waals surface area contributed by atoms with Crippen LogP contribution in [-0.2, 0) is 9.84 Å². The molecule has 2 rings (SSSR count). The van der Waals surface area contributed by atoms with Crippen LogP contribution in [0.4, 0.5) is 5.69 Å². The maximum Gasteiger partial charge on any atom is 0.269 e. The van der Waals surface area contributed by atoms with Crippen molar-refractivity contribution in [1.29, 1.82) is 0 Å². The number of rotatable bonds is 6. The van der Waals surface area contributed by atoms with Gasteiger partial charge in [-0.1, -0.05) is 12.1 Å². The second kappa shape index (κ2) is 8.65. The van der Waals surface area contributed by atoms with Crippen molar-refractivity contribution in [2.75, 3.05) is 7.11 Å². The SMILES string of the molecule is COc1ccc(C=C=CS(=O)(=O)C=C=Cc2ccc([N+](=O)[O-])cc2)cc1. The Balaban J connectivity index is 2.09. The summed E-state index contributed by atoms with van der Waals surface area (Å²) in [5.74, 6) is 0.707. The predicted molar refractivity (Wildman–Crippen MR) is 100 cm³/mol. The molecule has 0 aliphatic heterocycles. The zero-order valence-corrected chi connectivity index (χ0v) is 14.6. The number of sulfone groups is 1. The van der Waals surface area contributed by atoms with Crippen molar-refractivity contribution in [3.05, 3.63) is 92.1 Å². The molecule has 0 radical (unpaired) electrons. The molecule has 0 heterocycles. The van der Waals surface area contributed by atoms with Gasteiger partial charge in [-0.15, -0.1) is 11.5 Å². The first-order chi connectivity index (χ1) is 12.4. The Morgan fingerprint density at radius 3 is 1.81 bits per heavy atom. The Morgan fingerprint density at radius 1 is 0.923 bits per heavy atom. The van der Waals surface area contributed by atoms with Crippen LogP contribution in [0.1, 0.15) is 11.1 Å². The lowest BCUT2D eigenvalue weighted by atomic mass is 10.2. The third kappa shape index (κ3) is 5.92. The summed E-state index contributed by atoms with van der Waals surface area (Å²) in [4.78, 5) is 10.1. The number of non-ortho nitro benzene ring substituents is 1. The van der Waals surface area contributed by atoms with Crippen LogP contribution < -0.4 is 4.74 Å². The minimum absolute atomic E-state index is 0.0367. The molecule has 132 valence electrons. The van der Waals surface area contributed by atoms with Crippen molar-refractivity contribution in [2.45, 2.75) is 0 Å². The van der Waals surface area contributed by atoms with Gasteiger partial charge in [-0.05, 0) is 47.5 Å². The van der Waals surface area contributed by atoms with Crippen LogP contribution in [-0.4, -0.2) is 20.5 Å². The van der Waals surface area contributed by atoms with Crippen LogP contribution >= 0.6 is 0 Å². The first-order valence-electron chi connectivity index (χ1n) is 7.38. The smallest absolute Gasteiger partial charge is 0.269 e. The number of ether oxygens (including phenoxy) is 1. The molecule has 0 amide bonds. The van der Waals surface area contributed by atoms with E-state index in [0.717, 1.165) is 16.4 Å². The number of benzene rings is 2. The van der Waals surface area contributed by atoms with Crippen molar-refractivity contribution in [1.82, 2.24) is 0 Å². The number of hydrogen-bond acceptors (Lipinski definition) is 5. The summed E-state index contributed by atoms with van der Waals surface area (Å²) in [5.41, 5.74) is 6.49. The van der Waals surface area contributed by atoms with Gasteiger partial charge in [0.2, 0.25) is 9.84 Å². The van der Waals surface area contributed by atoms with E-state index in [-0.39, 0.29) is 5.69 Å². The van der Waals surface area contributed by atoms with Crippen LogP contribution in [0.25, 0.3) is 12.2 Å². The Kier molecular flexibility index (Phi) is 6.31. The van der Waals surface area contributed by atoms with Crippen LogP contribution in [0.5, 0.6) is 5.75 Å². The summed E-state index contributed by atoms with van der Waals surface area (Å²) in [6.45, 7) is 0. The van der Waals surface area contributed by atoms with E-state index in [0.29, 0.717) is 11.3 Å². The number of nitrogens with zero attached hydrogens (tertiary/aromatic N) is 1. The Labute approximate surface area is 151 Å². The van der Waals surface area contributed by atoms with Crippen molar-refractivity contribution in [2.24, 2.45) is 0 Å². The van der Waals surface area contributed by atoms with Crippen LogP contribution in [0, 0.1) is 10.1 Å². The van der Waals surface area contributed by atoms with Crippen LogP contribution in [0.3, 0.4) is 0 Å². The molecule has 6 nitrogen and oxygen atoms in total. The largest absolute Gasteiger partial charge is 0.497 e. The van der Waals surface area contributed by atoms with Gasteiger partial charge in [0.15, 0.2) is 0 Å². The average molecular weight is 369 g/mol. The van der Waals surface area contributed by atoms with E-state index < -0.39 is 14.8 Å². The molecule has 0 fully saturated rings. The minimum Gasteiger partial charge on any atom is -0.497 e. The van der Waals surface area contributed by atoms with Gasteiger partial charge in [0, 0.05) is 12.1 Å². The van der Waals surface area contributed by atoms with Gasteiger partial charge < -0.3 is 4.74 Å². The fourth-order valence-electron chi connectivity index (χ4n) is 1.88. The van der Waals surface area contributed by atoms with E-state index in [1.54, 1.807) is 31.4 Å². The fourth-order valence-corrected chi connectivity index (χ4v) is 2.46. The standard InChI is InChI=1S/C19H15NO5S/c1-25-19-12-8-17(9-13-19)5-3-15-26(23,24)14-2-4-16-6-10-18(11-7-16)20(21)22/h4-15H,1H3. The van der Waals surface area contributed by atoms with Crippen molar-refractivity contribution < 1.29 is 18.1 Å². The highest BCUT2D eigenvalue weighted by Crippen LogP contribution is 2.13. The number of nitro groups is 1. The zero-order valence-electron chi connectivity index (χ0n) is 13.8. The Morgan fingerprint density at radius 2 is 1.38 bits per heavy atom. The molecule has 0 saturated heterocycles. The summed E-state index contributed by atoms with van der Waals surface area (Å²) in [6.07, 6.45) is 2.95. The van der Waals surface area contributed by atoms with E-state index in [1.807, 2.05) is 0 Å². The molecule has 0 aromatic heterocycles. The third-order valence-corrected chi connectivity index (χ3v) is 4.11. The minimum atomic E-state index is -3.62. The molecular weight excluding hydrogens is 354 g/mol. The van der Waals surface area contributed by atoms with E-state index in [9.17, 15) is 18.5 Å². The first-order valence-corrected chi connectivity index (χ1v) is 8.99. The highest BCUT2D eigenvalue weighted by atomic mass is 32.2. The van der Waals surface area contributed by atoms with Gasteiger partial charge in [0.25, 0.3) is 5.69 Å². The lowest BCUT2D eigenvalue weighted by Crippen LogP contribution is -1.86. The third-order valence-electron chi connectivity index (χ3n) is 3.18. The van der Waals surface area contributed by atoms with E-state index in [1.165, 1.54) is 36.4 Å². The van der Waals surface area contributed by atoms with Gasteiger partial charge in [-0.2, -0.15) is 0 Å². The lowest BCUT2D eigenvalue weighted by molar-refractivity contribution is -0.384. The molecule has 0 aliphatic carbocycles. The maximum absolute atomic E-state index is 11.9. The van der Waals surface area contributed by atoms with Crippen LogP contribution in [0.15, 0.2) is 70.8 Å². The van der Waals surface area contributed by atoms with E-state index in [2.05, 4.69) is 11.5 Å². The van der Waals surface area contributed by atoms with E-state index >= 15 is 0 Å². The summed E-state index contributed by atoms with van der Waals surface area (Å²) in [5, 5.41) is 12.4. The van der Waals surface area contributed by atoms with Gasteiger partial charge in [-0.3, -0.25) is 10.1 Å². The normalized spacial score (nSPS) is 10.0. The first kappa shape index (κ1) is 19.0. The molecule has 0 spiro atoms. The molecular formula is C19H15NO5S. The van der Waals surface area contributed by atoms with Gasteiger partial charge in [-0.25, -0.2) is 8.42 Å². The highest BCUT2D eigenvalue weighted by Gasteiger charge is 2.02. The van der Waals surface area contributed by atoms with Crippen molar-refractivity contribution in [3.63, 3.8) is 0 Å². The van der Waals surface area contributed by atoms with Gasteiger partial charge in [0.1, 0.15) is 5.75 Å². The summed E-state index contributed by atoms with van der Waals surface area (Å²) >= 11 is 0. The second-order valence-electron chi connectivity index (χ2n) is 5.07. The molecule has 0 saturated carbocycles. The number of methoxy groups -OCH3 is 1. The Bertz CT molecular complexity index is 1010. The summed E-state index contributed by atoms with van der Waals surface area (Å²) in [6, 6.07) is 12.7. The van der Waals surface area contributed by atoms with Crippen molar-refractivity contribution >= 4 is 27.7 Å². The fraction of sp³-hybridized carbons (Fsp3) is 0.0526. The average Bonchev–Trinajstić information content (AvgIpc) is 2.62. The molecule has 2 aromatic rings. The summed E-state index contributed by atoms with van der Waals surface area (Å²) in [7, 11) is -2.06. The molecule has 26 heavy (non-hydrogen) atoms. The monoisotopic (exact) mass is 369 g/mol. The molecule has 0 atom stereocenters. The van der Waals surface area contributed by atoms with Gasteiger partial charge in [0.05, 0.1) is 22.8 Å². The Hall–Kier alpha value is -3.37. The molecule has 0 aliphatic rings. The lowest BCUT2D eigenvalue weighted by Gasteiger charge is -1.97. The zero-order chi connectivity index (χ0) is 19.0. The second-order valence-corrected chi connectivity index (χ2v) is 6.72. The predicted octanol–water partition coefficient (Wildman–Crippen LogP) is 3.97. The topological polar surface area (TPSA) is 86.5 Å².